The van der Waals surface area contributed by atoms with Gasteiger partial charge in [0.05, 0.1) is 10.7 Å². The van der Waals surface area contributed by atoms with Crippen molar-refractivity contribution in [2.24, 2.45) is 5.92 Å². The fourth-order valence-electron chi connectivity index (χ4n) is 3.00. The molecular formula is C16H28N2OS. The molecule has 0 bridgehead atoms. The van der Waals surface area contributed by atoms with Crippen LogP contribution >= 0.6 is 11.3 Å². The zero-order valence-electron chi connectivity index (χ0n) is 13.4. The van der Waals surface area contributed by atoms with E-state index < -0.39 is 0 Å². The summed E-state index contributed by atoms with van der Waals surface area (Å²) in [7, 11) is 0. The summed E-state index contributed by atoms with van der Waals surface area (Å²) in [5, 5.41) is 14.4. The van der Waals surface area contributed by atoms with Gasteiger partial charge in [0.1, 0.15) is 0 Å². The maximum absolute atomic E-state index is 9.44. The van der Waals surface area contributed by atoms with Crippen molar-refractivity contribution in [2.75, 3.05) is 6.61 Å². The van der Waals surface area contributed by atoms with E-state index in [9.17, 15) is 5.11 Å². The van der Waals surface area contributed by atoms with E-state index in [1.54, 1.807) is 0 Å². The Bertz CT molecular complexity index is 450. The van der Waals surface area contributed by atoms with E-state index in [1.165, 1.54) is 22.7 Å². The molecule has 4 heteroatoms. The molecule has 0 radical (unpaired) electrons. The molecule has 1 aromatic heterocycles. The molecule has 0 aliphatic heterocycles. The second kappa shape index (κ2) is 6.12. The second-order valence-corrected chi connectivity index (χ2v) is 8.12. The summed E-state index contributed by atoms with van der Waals surface area (Å²) < 4.78 is 0. The van der Waals surface area contributed by atoms with Gasteiger partial charge in [-0.25, -0.2) is 4.98 Å². The Morgan fingerprint density at radius 1 is 1.40 bits per heavy atom. The number of aliphatic hydroxyl groups is 1. The minimum absolute atomic E-state index is 0.119. The maximum Gasteiger partial charge on any atom is 0.0985 e. The average molecular weight is 296 g/mol. The highest BCUT2D eigenvalue weighted by Crippen LogP contribution is 2.34. The molecule has 1 aliphatic rings. The molecule has 3 nitrogen and oxygen atoms in total. The number of hydrogen-bond donors (Lipinski definition) is 2. The van der Waals surface area contributed by atoms with Crippen LogP contribution in [0.4, 0.5) is 0 Å². The van der Waals surface area contributed by atoms with Crippen LogP contribution in [-0.2, 0) is 5.41 Å². The van der Waals surface area contributed by atoms with Crippen LogP contribution in [0.5, 0.6) is 0 Å². The standard InChI is InChI=1S/C16H28N2OS/c1-10(17-13-8-6-7-12(13)9-19)14-11(2)18-15(20-14)16(3,4)5/h10,12-13,17,19H,6-9H2,1-5H3. The van der Waals surface area contributed by atoms with Crippen LogP contribution in [0.15, 0.2) is 0 Å². The van der Waals surface area contributed by atoms with E-state index in [-0.39, 0.29) is 5.41 Å². The number of aliphatic hydroxyl groups excluding tert-OH is 1. The first-order valence-corrected chi connectivity index (χ1v) is 8.49. The lowest BCUT2D eigenvalue weighted by Crippen LogP contribution is -2.35. The van der Waals surface area contributed by atoms with E-state index in [4.69, 9.17) is 4.98 Å². The number of aryl methyl sites for hydroxylation is 1. The lowest BCUT2D eigenvalue weighted by Gasteiger charge is -2.23. The van der Waals surface area contributed by atoms with Crippen molar-refractivity contribution >= 4 is 11.3 Å². The zero-order valence-corrected chi connectivity index (χ0v) is 14.2. The maximum atomic E-state index is 9.44. The lowest BCUT2D eigenvalue weighted by molar-refractivity contribution is 0.201. The van der Waals surface area contributed by atoms with Crippen LogP contribution in [0.2, 0.25) is 0 Å². The fraction of sp³-hybridized carbons (Fsp3) is 0.812. The van der Waals surface area contributed by atoms with Gasteiger partial charge in [-0.1, -0.05) is 27.2 Å². The first kappa shape index (κ1) is 15.9. The van der Waals surface area contributed by atoms with Crippen molar-refractivity contribution in [1.82, 2.24) is 10.3 Å². The molecular weight excluding hydrogens is 268 g/mol. The second-order valence-electron chi connectivity index (χ2n) is 7.09. The molecule has 3 unspecified atom stereocenters. The summed E-state index contributed by atoms with van der Waals surface area (Å²) in [6.45, 7) is 11.3. The third kappa shape index (κ3) is 3.41. The van der Waals surface area contributed by atoms with E-state index in [2.05, 4.69) is 39.9 Å². The summed E-state index contributed by atoms with van der Waals surface area (Å²) >= 11 is 1.83. The number of nitrogens with one attached hydrogen (secondary N) is 1. The molecule has 1 heterocycles. The highest BCUT2D eigenvalue weighted by Gasteiger charge is 2.29. The van der Waals surface area contributed by atoms with E-state index in [0.717, 1.165) is 12.1 Å². The normalized spacial score (nSPS) is 25.1. The molecule has 0 aromatic carbocycles. The molecule has 1 aliphatic carbocycles. The molecule has 1 fully saturated rings. The zero-order chi connectivity index (χ0) is 14.9. The van der Waals surface area contributed by atoms with Crippen molar-refractivity contribution in [3.05, 3.63) is 15.6 Å². The van der Waals surface area contributed by atoms with Gasteiger partial charge in [0.15, 0.2) is 0 Å². The van der Waals surface area contributed by atoms with E-state index in [0.29, 0.717) is 24.6 Å². The Labute approximate surface area is 126 Å². The minimum atomic E-state index is 0.119. The number of nitrogens with zero attached hydrogens (tertiary/aromatic N) is 1. The molecule has 0 saturated heterocycles. The third-order valence-corrected chi connectivity index (χ3v) is 5.99. The summed E-state index contributed by atoms with van der Waals surface area (Å²) in [4.78, 5) is 6.09. The highest BCUT2D eigenvalue weighted by atomic mass is 32.1. The van der Waals surface area contributed by atoms with Gasteiger partial charge in [0.25, 0.3) is 0 Å². The van der Waals surface area contributed by atoms with Gasteiger partial charge in [-0.3, -0.25) is 0 Å². The number of hydrogen-bond acceptors (Lipinski definition) is 4. The average Bonchev–Trinajstić information content (AvgIpc) is 2.94. The molecule has 114 valence electrons. The fourth-order valence-corrected chi connectivity index (χ4v) is 4.14. The van der Waals surface area contributed by atoms with Gasteiger partial charge in [-0.05, 0) is 32.6 Å². The quantitative estimate of drug-likeness (QED) is 0.893. The summed E-state index contributed by atoms with van der Waals surface area (Å²) in [5.74, 6) is 0.424. The minimum Gasteiger partial charge on any atom is -0.396 e. The van der Waals surface area contributed by atoms with Gasteiger partial charge in [-0.15, -0.1) is 11.3 Å². The molecule has 2 N–H and O–H groups in total. The molecule has 0 spiro atoms. The molecule has 0 amide bonds. The van der Waals surface area contributed by atoms with Gasteiger partial charge < -0.3 is 10.4 Å². The van der Waals surface area contributed by atoms with Crippen molar-refractivity contribution in [2.45, 2.75) is 71.4 Å². The summed E-state index contributed by atoms with van der Waals surface area (Å²) in [6, 6.07) is 0.773. The smallest absolute Gasteiger partial charge is 0.0985 e. The Morgan fingerprint density at radius 2 is 2.10 bits per heavy atom. The van der Waals surface area contributed by atoms with Gasteiger partial charge in [-0.2, -0.15) is 0 Å². The van der Waals surface area contributed by atoms with Crippen LogP contribution < -0.4 is 5.32 Å². The number of rotatable bonds is 4. The Hall–Kier alpha value is -0.450. The Morgan fingerprint density at radius 3 is 2.65 bits per heavy atom. The van der Waals surface area contributed by atoms with Crippen LogP contribution in [0.3, 0.4) is 0 Å². The largest absolute Gasteiger partial charge is 0.396 e. The van der Waals surface area contributed by atoms with Crippen LogP contribution in [0, 0.1) is 12.8 Å². The third-order valence-electron chi connectivity index (χ3n) is 4.23. The summed E-state index contributed by atoms with van der Waals surface area (Å²) in [6.07, 6.45) is 3.56. The topological polar surface area (TPSA) is 45.2 Å². The number of thiazole rings is 1. The number of aromatic nitrogens is 1. The van der Waals surface area contributed by atoms with E-state index in [1.807, 2.05) is 11.3 Å². The summed E-state index contributed by atoms with van der Waals surface area (Å²) in [5.41, 5.74) is 1.27. The molecule has 20 heavy (non-hydrogen) atoms. The predicted molar refractivity (Wildman–Crippen MR) is 85.3 cm³/mol. The van der Waals surface area contributed by atoms with Gasteiger partial charge >= 0.3 is 0 Å². The van der Waals surface area contributed by atoms with Gasteiger partial charge in [0.2, 0.25) is 0 Å². The highest BCUT2D eigenvalue weighted by molar-refractivity contribution is 7.12. The van der Waals surface area contributed by atoms with Crippen molar-refractivity contribution in [1.29, 1.82) is 0 Å². The van der Waals surface area contributed by atoms with Crippen LogP contribution in [0.1, 0.15) is 68.6 Å². The Kier molecular flexibility index (Phi) is 4.88. The van der Waals surface area contributed by atoms with Crippen molar-refractivity contribution < 1.29 is 5.11 Å². The monoisotopic (exact) mass is 296 g/mol. The van der Waals surface area contributed by atoms with Crippen molar-refractivity contribution in [3.63, 3.8) is 0 Å². The predicted octanol–water partition coefficient (Wildman–Crippen LogP) is 3.56. The van der Waals surface area contributed by atoms with Crippen LogP contribution in [-0.4, -0.2) is 22.7 Å². The van der Waals surface area contributed by atoms with Gasteiger partial charge in [0, 0.05) is 29.0 Å². The first-order chi connectivity index (χ1) is 9.32. The van der Waals surface area contributed by atoms with Crippen LogP contribution in [0.25, 0.3) is 0 Å². The van der Waals surface area contributed by atoms with Crippen molar-refractivity contribution in [3.8, 4) is 0 Å². The van der Waals surface area contributed by atoms with E-state index >= 15 is 0 Å². The first-order valence-electron chi connectivity index (χ1n) is 7.67. The molecule has 1 aromatic rings. The lowest BCUT2D eigenvalue weighted by atomic mass is 9.98. The SMILES string of the molecule is Cc1nc(C(C)(C)C)sc1C(C)NC1CCCC1CO. The molecule has 1 saturated carbocycles. The molecule has 3 atom stereocenters. The Balaban J connectivity index is 2.09. The molecule has 2 rings (SSSR count).